The highest BCUT2D eigenvalue weighted by Gasteiger charge is 1.92. The maximum absolute atomic E-state index is 5.05. The minimum absolute atomic E-state index is 0.491. The minimum Gasteiger partial charge on any atom is -0.497 e. The Morgan fingerprint density at radius 1 is 1.33 bits per heavy atom. The molecule has 0 saturated heterocycles. The van der Waals surface area contributed by atoms with E-state index in [0.717, 1.165) is 11.3 Å². The van der Waals surface area contributed by atoms with E-state index in [1.165, 1.54) is 6.33 Å². The highest BCUT2D eigenvalue weighted by atomic mass is 16.5. The van der Waals surface area contributed by atoms with Crippen LogP contribution in [0.4, 0.5) is 5.95 Å². The van der Waals surface area contributed by atoms with Crippen molar-refractivity contribution in [1.29, 1.82) is 0 Å². The van der Waals surface area contributed by atoms with Crippen molar-refractivity contribution in [3.63, 3.8) is 0 Å². The summed E-state index contributed by atoms with van der Waals surface area (Å²) < 4.78 is 5.05. The molecule has 0 aliphatic heterocycles. The number of nitrogens with zero attached hydrogens (tertiary/aromatic N) is 3. The minimum atomic E-state index is 0.491. The van der Waals surface area contributed by atoms with E-state index in [1.54, 1.807) is 13.3 Å². The second kappa shape index (κ2) is 4.36. The fourth-order valence-corrected chi connectivity index (χ4v) is 1.09. The number of methoxy groups -OCH3 is 1. The maximum Gasteiger partial charge on any atom is 0.245 e. The molecule has 0 saturated carbocycles. The smallest absolute Gasteiger partial charge is 0.245 e. The van der Waals surface area contributed by atoms with Gasteiger partial charge in [0.05, 0.1) is 7.11 Å². The first-order valence-electron chi connectivity index (χ1n) is 4.42. The van der Waals surface area contributed by atoms with E-state index in [9.17, 15) is 0 Å². The van der Waals surface area contributed by atoms with E-state index in [0.29, 0.717) is 5.95 Å². The van der Waals surface area contributed by atoms with Gasteiger partial charge in [-0.1, -0.05) is 0 Å². The van der Waals surface area contributed by atoms with E-state index in [-0.39, 0.29) is 0 Å². The van der Waals surface area contributed by atoms with E-state index < -0.39 is 0 Å². The predicted octanol–water partition coefficient (Wildman–Crippen LogP) is 1.56. The van der Waals surface area contributed by atoms with E-state index >= 15 is 0 Å². The molecule has 0 unspecified atom stereocenters. The summed E-state index contributed by atoms with van der Waals surface area (Å²) in [5, 5.41) is 6.34. The fourth-order valence-electron chi connectivity index (χ4n) is 1.09. The summed E-state index contributed by atoms with van der Waals surface area (Å²) in [5.74, 6) is 1.32. The second-order valence-electron chi connectivity index (χ2n) is 2.84. The Balaban J connectivity index is 2.11. The topological polar surface area (TPSA) is 63.2 Å². The molecule has 1 heterocycles. The zero-order valence-corrected chi connectivity index (χ0v) is 8.21. The molecule has 2 rings (SSSR count). The Morgan fingerprint density at radius 3 is 2.73 bits per heavy atom. The zero-order chi connectivity index (χ0) is 10.5. The molecule has 0 radical (unpaired) electrons. The van der Waals surface area contributed by atoms with Crippen molar-refractivity contribution in [3.05, 3.63) is 36.2 Å². The molecule has 1 aromatic carbocycles. The number of aromatic nitrogens is 3. The third kappa shape index (κ3) is 2.40. The van der Waals surface area contributed by atoms with Crippen molar-refractivity contribution < 1.29 is 4.74 Å². The average Bonchev–Trinajstić information content (AvgIpc) is 2.80. The van der Waals surface area contributed by atoms with Crippen LogP contribution in [-0.4, -0.2) is 28.5 Å². The van der Waals surface area contributed by atoms with Gasteiger partial charge < -0.3 is 4.74 Å². The van der Waals surface area contributed by atoms with Gasteiger partial charge in [-0.3, -0.25) is 0 Å². The lowest BCUT2D eigenvalue weighted by Crippen LogP contribution is -1.84. The first-order chi connectivity index (χ1) is 7.38. The number of nitrogens with one attached hydrogen (secondary N) is 1. The molecule has 0 aliphatic rings. The van der Waals surface area contributed by atoms with Crippen molar-refractivity contribution >= 4 is 12.2 Å². The molecule has 5 nitrogen and oxygen atoms in total. The monoisotopic (exact) mass is 202 g/mol. The summed E-state index contributed by atoms with van der Waals surface area (Å²) in [7, 11) is 1.64. The number of rotatable bonds is 3. The molecule has 1 aromatic heterocycles. The molecule has 15 heavy (non-hydrogen) atoms. The third-order valence-corrected chi connectivity index (χ3v) is 1.85. The van der Waals surface area contributed by atoms with Crippen LogP contribution in [0.1, 0.15) is 5.56 Å². The van der Waals surface area contributed by atoms with Gasteiger partial charge in [-0.25, -0.2) is 10.1 Å². The van der Waals surface area contributed by atoms with Crippen molar-refractivity contribution in [3.8, 4) is 5.75 Å². The standard InChI is InChI=1S/C10H10N4O/c1-15-9-4-2-8(3-5-9)6-11-10-12-7-13-14-10/h2-7H,1H3,(H,12,13,14)/b11-6+. The Morgan fingerprint density at radius 2 is 2.13 bits per heavy atom. The molecule has 0 atom stereocenters. The van der Waals surface area contributed by atoms with Crippen LogP contribution in [-0.2, 0) is 0 Å². The van der Waals surface area contributed by atoms with Gasteiger partial charge in [0.25, 0.3) is 0 Å². The molecule has 0 fully saturated rings. The molecule has 5 heteroatoms. The van der Waals surface area contributed by atoms with Crippen LogP contribution < -0.4 is 4.74 Å². The van der Waals surface area contributed by atoms with Crippen LogP contribution in [0, 0.1) is 0 Å². The fraction of sp³-hybridized carbons (Fsp3) is 0.100. The van der Waals surface area contributed by atoms with Crippen LogP contribution in [0.25, 0.3) is 0 Å². The average molecular weight is 202 g/mol. The molecule has 1 N–H and O–H groups in total. The van der Waals surface area contributed by atoms with Crippen molar-refractivity contribution in [2.75, 3.05) is 7.11 Å². The maximum atomic E-state index is 5.05. The number of aromatic amines is 1. The van der Waals surface area contributed by atoms with Crippen LogP contribution in [0.2, 0.25) is 0 Å². The first-order valence-corrected chi connectivity index (χ1v) is 4.42. The summed E-state index contributed by atoms with van der Waals surface area (Å²) in [4.78, 5) is 7.97. The van der Waals surface area contributed by atoms with Crippen LogP contribution >= 0.6 is 0 Å². The molecular weight excluding hydrogens is 192 g/mol. The number of H-pyrrole nitrogens is 1. The molecular formula is C10H10N4O. The van der Waals surface area contributed by atoms with E-state index in [4.69, 9.17) is 4.74 Å². The van der Waals surface area contributed by atoms with Crippen LogP contribution in [0.3, 0.4) is 0 Å². The van der Waals surface area contributed by atoms with Gasteiger partial charge in [-0.15, -0.1) is 0 Å². The Kier molecular flexibility index (Phi) is 2.73. The molecule has 76 valence electrons. The highest BCUT2D eigenvalue weighted by molar-refractivity contribution is 5.81. The Hall–Kier alpha value is -2.17. The largest absolute Gasteiger partial charge is 0.497 e. The number of hydrogen-bond acceptors (Lipinski definition) is 4. The van der Waals surface area contributed by atoms with Gasteiger partial charge in [0.1, 0.15) is 12.1 Å². The number of benzene rings is 1. The van der Waals surface area contributed by atoms with Gasteiger partial charge in [0.15, 0.2) is 0 Å². The predicted molar refractivity (Wildman–Crippen MR) is 56.6 cm³/mol. The lowest BCUT2D eigenvalue weighted by Gasteiger charge is -1.98. The molecule has 0 bridgehead atoms. The SMILES string of the molecule is COc1ccc(/C=N/c2ncn[nH]2)cc1. The summed E-state index contributed by atoms with van der Waals surface area (Å²) in [5.41, 5.74) is 0.979. The van der Waals surface area contributed by atoms with E-state index in [2.05, 4.69) is 20.2 Å². The van der Waals surface area contributed by atoms with Gasteiger partial charge in [0.2, 0.25) is 5.95 Å². The highest BCUT2D eigenvalue weighted by Crippen LogP contribution is 2.10. The molecule has 2 aromatic rings. The van der Waals surface area contributed by atoms with Gasteiger partial charge in [-0.2, -0.15) is 10.1 Å². The van der Waals surface area contributed by atoms with Gasteiger partial charge in [-0.05, 0) is 29.8 Å². The summed E-state index contributed by atoms with van der Waals surface area (Å²) in [6, 6.07) is 7.58. The quantitative estimate of drug-likeness (QED) is 0.768. The summed E-state index contributed by atoms with van der Waals surface area (Å²) in [6.07, 6.45) is 3.13. The van der Waals surface area contributed by atoms with Crippen molar-refractivity contribution in [2.24, 2.45) is 4.99 Å². The zero-order valence-electron chi connectivity index (χ0n) is 8.21. The Bertz CT molecular complexity index is 433. The van der Waals surface area contributed by atoms with Crippen LogP contribution in [0.15, 0.2) is 35.6 Å². The van der Waals surface area contributed by atoms with Crippen molar-refractivity contribution in [2.45, 2.75) is 0 Å². The normalized spacial score (nSPS) is 10.7. The number of aliphatic imine (C=N–C) groups is 1. The van der Waals surface area contributed by atoms with E-state index in [1.807, 2.05) is 24.3 Å². The lowest BCUT2D eigenvalue weighted by atomic mass is 10.2. The summed E-state index contributed by atoms with van der Waals surface area (Å²) in [6.45, 7) is 0. The lowest BCUT2D eigenvalue weighted by molar-refractivity contribution is 0.415. The van der Waals surface area contributed by atoms with Crippen molar-refractivity contribution in [1.82, 2.24) is 15.2 Å². The first kappa shape index (κ1) is 9.39. The van der Waals surface area contributed by atoms with Gasteiger partial charge >= 0.3 is 0 Å². The molecule has 0 aliphatic carbocycles. The number of ether oxygens (including phenoxy) is 1. The molecule has 0 amide bonds. The Labute approximate surface area is 86.8 Å². The second-order valence-corrected chi connectivity index (χ2v) is 2.84. The van der Waals surface area contributed by atoms with Gasteiger partial charge in [0, 0.05) is 6.21 Å². The number of hydrogen-bond donors (Lipinski definition) is 1. The van der Waals surface area contributed by atoms with Crippen LogP contribution in [0.5, 0.6) is 5.75 Å². The summed E-state index contributed by atoms with van der Waals surface area (Å²) >= 11 is 0. The third-order valence-electron chi connectivity index (χ3n) is 1.85. The molecule has 0 spiro atoms.